The molecular weight excluding hydrogens is 368 g/mol. The highest BCUT2D eigenvalue weighted by Crippen LogP contribution is 2.37. The first-order chi connectivity index (χ1) is 13.3. The Balaban J connectivity index is 1.65. The molecule has 0 aromatic heterocycles. The summed E-state index contributed by atoms with van der Waals surface area (Å²) >= 11 is 0. The number of ether oxygens (including phenoxy) is 2. The summed E-state index contributed by atoms with van der Waals surface area (Å²) in [6.45, 7) is 15.3. The average molecular weight is 403 g/mol. The highest BCUT2D eigenvalue weighted by Gasteiger charge is 2.47. The summed E-state index contributed by atoms with van der Waals surface area (Å²) < 4.78 is 12.2. The van der Waals surface area contributed by atoms with Crippen LogP contribution in [0.5, 0.6) is 11.5 Å². The number of hydrogen-bond donors (Lipinski definition) is 1. The molecule has 1 saturated heterocycles. The van der Waals surface area contributed by atoms with Gasteiger partial charge in [0.05, 0.1) is 0 Å². The number of amides is 3. The topological polar surface area (TPSA) is 67.9 Å². The smallest absolute Gasteiger partial charge is 0.325 e. The van der Waals surface area contributed by atoms with Crippen LogP contribution in [-0.2, 0) is 11.2 Å². The molecule has 0 bridgehead atoms. The Morgan fingerprint density at radius 1 is 1.14 bits per heavy atom. The zero-order valence-electron chi connectivity index (χ0n) is 18.7. The van der Waals surface area contributed by atoms with E-state index in [4.69, 9.17) is 9.47 Å². The monoisotopic (exact) mass is 402 g/mol. The molecule has 1 aromatic carbocycles. The predicted octanol–water partition coefficient (Wildman–Crippen LogP) is 4.16. The summed E-state index contributed by atoms with van der Waals surface area (Å²) in [6.07, 6.45) is 1.59. The van der Waals surface area contributed by atoms with Crippen LogP contribution in [0.3, 0.4) is 0 Å². The van der Waals surface area contributed by atoms with Gasteiger partial charge in [-0.1, -0.05) is 40.7 Å². The molecule has 2 aliphatic heterocycles. The largest absolute Gasteiger partial charge is 0.486 e. The number of imide groups is 1. The van der Waals surface area contributed by atoms with Crippen molar-refractivity contribution >= 4 is 11.9 Å². The SMILES string of the molecule is CC(C)(C)Cc1ccc2c(c1)OCC(CC(C)(C)CN1C(=O)NC(=O)C1(C)C)O2. The van der Waals surface area contributed by atoms with Crippen LogP contribution in [0, 0.1) is 10.8 Å². The Kier molecular flexibility index (Phi) is 5.35. The first-order valence-corrected chi connectivity index (χ1v) is 10.3. The van der Waals surface area contributed by atoms with Gasteiger partial charge in [-0.3, -0.25) is 10.1 Å². The summed E-state index contributed by atoms with van der Waals surface area (Å²) in [5, 5.41) is 2.41. The molecule has 160 valence electrons. The number of nitrogens with zero attached hydrogens (tertiary/aromatic N) is 1. The number of carbonyl (C=O) groups excluding carboxylic acids is 2. The third kappa shape index (κ3) is 4.85. The van der Waals surface area contributed by atoms with E-state index in [2.05, 4.69) is 52.1 Å². The molecule has 0 aliphatic carbocycles. The van der Waals surface area contributed by atoms with Crippen molar-refractivity contribution in [1.82, 2.24) is 10.2 Å². The number of hydrogen-bond acceptors (Lipinski definition) is 4. The zero-order chi connectivity index (χ0) is 21.6. The maximum Gasteiger partial charge on any atom is 0.325 e. The van der Waals surface area contributed by atoms with Crippen molar-refractivity contribution in [3.63, 3.8) is 0 Å². The minimum atomic E-state index is -0.839. The molecule has 3 amide bonds. The average Bonchev–Trinajstić information content (AvgIpc) is 2.75. The lowest BCUT2D eigenvalue weighted by Gasteiger charge is -2.38. The predicted molar refractivity (Wildman–Crippen MR) is 112 cm³/mol. The van der Waals surface area contributed by atoms with Gasteiger partial charge >= 0.3 is 6.03 Å². The van der Waals surface area contributed by atoms with Gasteiger partial charge in [0.1, 0.15) is 18.2 Å². The number of rotatable bonds is 5. The van der Waals surface area contributed by atoms with Crippen LogP contribution < -0.4 is 14.8 Å². The Labute approximate surface area is 173 Å². The van der Waals surface area contributed by atoms with Gasteiger partial charge in [0, 0.05) is 6.54 Å². The van der Waals surface area contributed by atoms with Crippen molar-refractivity contribution in [2.45, 2.75) is 73.0 Å². The molecule has 2 aliphatic rings. The molecule has 1 N–H and O–H groups in total. The Morgan fingerprint density at radius 2 is 1.83 bits per heavy atom. The molecule has 0 spiro atoms. The second-order valence-corrected chi connectivity index (χ2v) is 10.8. The van der Waals surface area contributed by atoms with Gasteiger partial charge in [-0.2, -0.15) is 0 Å². The Bertz CT molecular complexity index is 808. The van der Waals surface area contributed by atoms with Crippen LogP contribution >= 0.6 is 0 Å². The van der Waals surface area contributed by atoms with E-state index >= 15 is 0 Å². The van der Waals surface area contributed by atoms with E-state index in [1.54, 1.807) is 18.7 Å². The van der Waals surface area contributed by atoms with Crippen molar-refractivity contribution in [2.24, 2.45) is 10.8 Å². The van der Waals surface area contributed by atoms with Gasteiger partial charge in [-0.05, 0) is 55.2 Å². The summed E-state index contributed by atoms with van der Waals surface area (Å²) in [5.41, 5.74) is 0.379. The van der Waals surface area contributed by atoms with Gasteiger partial charge in [-0.15, -0.1) is 0 Å². The maximum absolute atomic E-state index is 12.2. The van der Waals surface area contributed by atoms with Crippen molar-refractivity contribution in [3.8, 4) is 11.5 Å². The van der Waals surface area contributed by atoms with E-state index in [1.165, 1.54) is 5.56 Å². The molecule has 3 rings (SSSR count). The van der Waals surface area contributed by atoms with Gasteiger partial charge in [0.25, 0.3) is 5.91 Å². The first-order valence-electron chi connectivity index (χ1n) is 10.3. The molecule has 29 heavy (non-hydrogen) atoms. The fraction of sp³-hybridized carbons (Fsp3) is 0.652. The minimum absolute atomic E-state index is 0.101. The number of benzene rings is 1. The van der Waals surface area contributed by atoms with Crippen LogP contribution in [-0.4, -0.2) is 41.6 Å². The van der Waals surface area contributed by atoms with Crippen molar-refractivity contribution in [1.29, 1.82) is 0 Å². The summed E-state index contributed by atoms with van der Waals surface area (Å²) in [6, 6.07) is 5.84. The lowest BCUT2D eigenvalue weighted by atomic mass is 9.84. The van der Waals surface area contributed by atoms with E-state index in [1.807, 2.05) is 6.07 Å². The maximum atomic E-state index is 12.2. The number of nitrogens with one attached hydrogen (secondary N) is 1. The number of urea groups is 1. The molecule has 0 radical (unpaired) electrons. The van der Waals surface area contributed by atoms with Crippen molar-refractivity contribution in [3.05, 3.63) is 23.8 Å². The van der Waals surface area contributed by atoms with Crippen LogP contribution in [0.15, 0.2) is 18.2 Å². The third-order valence-electron chi connectivity index (χ3n) is 5.52. The van der Waals surface area contributed by atoms with Crippen LogP contribution in [0.1, 0.15) is 60.5 Å². The molecule has 6 heteroatoms. The first kappa shape index (κ1) is 21.5. The van der Waals surface area contributed by atoms with E-state index < -0.39 is 5.54 Å². The van der Waals surface area contributed by atoms with Crippen LogP contribution in [0.25, 0.3) is 0 Å². The molecule has 2 heterocycles. The highest BCUT2D eigenvalue weighted by atomic mass is 16.6. The van der Waals surface area contributed by atoms with E-state index in [0.717, 1.165) is 17.9 Å². The quantitative estimate of drug-likeness (QED) is 0.751. The van der Waals surface area contributed by atoms with E-state index in [-0.39, 0.29) is 28.9 Å². The molecule has 6 nitrogen and oxygen atoms in total. The lowest BCUT2D eigenvalue weighted by molar-refractivity contribution is -0.125. The molecule has 1 fully saturated rings. The van der Waals surface area contributed by atoms with Crippen LogP contribution in [0.2, 0.25) is 0 Å². The third-order valence-corrected chi connectivity index (χ3v) is 5.52. The number of fused-ring (bicyclic) bond motifs is 1. The van der Waals surface area contributed by atoms with Gasteiger partial charge in [0.15, 0.2) is 11.5 Å². The Hall–Kier alpha value is -2.24. The summed E-state index contributed by atoms with van der Waals surface area (Å²) in [4.78, 5) is 25.8. The molecule has 1 aromatic rings. The fourth-order valence-electron chi connectivity index (χ4n) is 4.05. The van der Waals surface area contributed by atoms with E-state index in [9.17, 15) is 9.59 Å². The van der Waals surface area contributed by atoms with E-state index in [0.29, 0.717) is 19.6 Å². The molecule has 1 atom stereocenters. The fourth-order valence-corrected chi connectivity index (χ4v) is 4.05. The van der Waals surface area contributed by atoms with Gasteiger partial charge in [0.2, 0.25) is 0 Å². The highest BCUT2D eigenvalue weighted by molar-refractivity contribution is 6.06. The van der Waals surface area contributed by atoms with Crippen LogP contribution in [0.4, 0.5) is 4.79 Å². The standard InChI is InChI=1S/C23H34N2O4/c1-21(2,3)11-15-8-9-17-18(10-15)28-13-16(29-17)12-22(4,5)14-25-20(27)24-19(26)23(25,6)7/h8-10,16H,11-14H2,1-7H3,(H,24,26,27). The minimum Gasteiger partial charge on any atom is -0.486 e. The molecule has 1 unspecified atom stereocenters. The van der Waals surface area contributed by atoms with Gasteiger partial charge < -0.3 is 14.4 Å². The molecular formula is C23H34N2O4. The summed E-state index contributed by atoms with van der Waals surface area (Å²) in [5.74, 6) is 1.31. The van der Waals surface area contributed by atoms with Gasteiger partial charge in [-0.25, -0.2) is 4.79 Å². The molecule has 0 saturated carbocycles. The summed E-state index contributed by atoms with van der Waals surface area (Å²) in [7, 11) is 0. The lowest BCUT2D eigenvalue weighted by Crippen LogP contribution is -2.49. The Morgan fingerprint density at radius 3 is 2.41 bits per heavy atom. The second-order valence-electron chi connectivity index (χ2n) is 10.8. The zero-order valence-corrected chi connectivity index (χ0v) is 18.7. The van der Waals surface area contributed by atoms with Crippen molar-refractivity contribution < 1.29 is 19.1 Å². The second kappa shape index (κ2) is 7.22. The number of carbonyl (C=O) groups is 2. The normalized spacial score (nSPS) is 21.3. The van der Waals surface area contributed by atoms with Crippen molar-refractivity contribution in [2.75, 3.05) is 13.2 Å².